The van der Waals surface area contributed by atoms with Crippen molar-refractivity contribution in [2.45, 2.75) is 31.7 Å². The van der Waals surface area contributed by atoms with Gasteiger partial charge in [-0.15, -0.1) is 0 Å². The predicted molar refractivity (Wildman–Crippen MR) is 85.6 cm³/mol. The van der Waals surface area contributed by atoms with Crippen molar-refractivity contribution in [1.29, 1.82) is 0 Å². The first-order valence-corrected chi connectivity index (χ1v) is 7.71. The number of nitrogens with two attached hydrogens (primary N) is 1. The Morgan fingerprint density at radius 3 is 2.45 bits per heavy atom. The van der Waals surface area contributed by atoms with Gasteiger partial charge < -0.3 is 5.73 Å². The first-order valence-electron chi connectivity index (χ1n) is 6.95. The highest BCUT2D eigenvalue weighted by atomic mass is 35.5. The molecule has 0 amide bonds. The van der Waals surface area contributed by atoms with E-state index in [-0.39, 0.29) is 6.04 Å². The van der Waals surface area contributed by atoms with Crippen molar-refractivity contribution in [2.24, 2.45) is 5.73 Å². The molecule has 3 rings (SSSR count). The van der Waals surface area contributed by atoms with Gasteiger partial charge in [0.05, 0.1) is 0 Å². The van der Waals surface area contributed by atoms with Crippen LogP contribution < -0.4 is 5.73 Å². The van der Waals surface area contributed by atoms with Crippen molar-refractivity contribution in [2.75, 3.05) is 0 Å². The van der Waals surface area contributed by atoms with Crippen molar-refractivity contribution < 1.29 is 0 Å². The van der Waals surface area contributed by atoms with Gasteiger partial charge in [0.25, 0.3) is 0 Å². The zero-order chi connectivity index (χ0) is 14.1. The monoisotopic (exact) mass is 305 g/mol. The normalized spacial score (nSPS) is 15.2. The third-order valence-corrected chi connectivity index (χ3v) is 4.65. The summed E-state index contributed by atoms with van der Waals surface area (Å²) in [6, 6.07) is 12.0. The minimum Gasteiger partial charge on any atom is -0.324 e. The standard InChI is InChI=1S/C17H17Cl2N/c18-14-5-2-6-15(19)17(14)16(20)10-11-7-8-12-3-1-4-13(12)9-11/h2,5-9,16H,1,3-4,10,20H2. The Kier molecular flexibility index (Phi) is 4.02. The van der Waals surface area contributed by atoms with Crippen molar-refractivity contribution in [3.05, 3.63) is 68.7 Å². The van der Waals surface area contributed by atoms with E-state index in [1.807, 2.05) is 18.2 Å². The minimum atomic E-state index is -0.171. The highest BCUT2D eigenvalue weighted by Gasteiger charge is 2.16. The lowest BCUT2D eigenvalue weighted by molar-refractivity contribution is 0.721. The molecule has 1 aliphatic carbocycles. The molecule has 0 aromatic heterocycles. The zero-order valence-corrected chi connectivity index (χ0v) is 12.7. The van der Waals surface area contributed by atoms with E-state index >= 15 is 0 Å². The van der Waals surface area contributed by atoms with Crippen molar-refractivity contribution in [3.63, 3.8) is 0 Å². The summed E-state index contributed by atoms with van der Waals surface area (Å²) < 4.78 is 0. The Bertz CT molecular complexity index is 617. The lowest BCUT2D eigenvalue weighted by Gasteiger charge is -2.16. The first kappa shape index (κ1) is 13.9. The molecule has 0 fully saturated rings. The average Bonchev–Trinajstić information content (AvgIpc) is 2.85. The second kappa shape index (κ2) is 5.77. The van der Waals surface area contributed by atoms with E-state index in [0.29, 0.717) is 10.0 Å². The summed E-state index contributed by atoms with van der Waals surface area (Å²) in [5, 5.41) is 1.29. The predicted octanol–water partition coefficient (Wildman–Crippen LogP) is 4.72. The van der Waals surface area contributed by atoms with E-state index in [4.69, 9.17) is 28.9 Å². The molecular formula is C17H17Cl2N. The molecule has 104 valence electrons. The van der Waals surface area contributed by atoms with E-state index in [9.17, 15) is 0 Å². The van der Waals surface area contributed by atoms with Crippen LogP contribution in [0.4, 0.5) is 0 Å². The van der Waals surface area contributed by atoms with Crippen molar-refractivity contribution in [3.8, 4) is 0 Å². The second-order valence-electron chi connectivity index (χ2n) is 5.40. The molecule has 1 atom stereocenters. The smallest absolute Gasteiger partial charge is 0.0468 e. The maximum atomic E-state index is 6.31. The van der Waals surface area contributed by atoms with Crippen LogP contribution in [0.2, 0.25) is 10.0 Å². The molecule has 1 aliphatic rings. The maximum Gasteiger partial charge on any atom is 0.0468 e. The van der Waals surface area contributed by atoms with Gasteiger partial charge in [0, 0.05) is 21.7 Å². The summed E-state index contributed by atoms with van der Waals surface area (Å²) in [6.07, 6.45) is 4.42. The molecule has 0 aliphatic heterocycles. The Hall–Kier alpha value is -1.02. The number of aryl methyl sites for hydroxylation is 2. The van der Waals surface area contributed by atoms with Gasteiger partial charge in [0.1, 0.15) is 0 Å². The third kappa shape index (κ3) is 2.71. The molecule has 3 heteroatoms. The molecule has 2 aromatic rings. The van der Waals surface area contributed by atoms with Gasteiger partial charge in [-0.1, -0.05) is 47.5 Å². The van der Waals surface area contributed by atoms with Crippen LogP contribution in [0.15, 0.2) is 36.4 Å². The number of hydrogen-bond acceptors (Lipinski definition) is 1. The van der Waals surface area contributed by atoms with E-state index < -0.39 is 0 Å². The van der Waals surface area contributed by atoms with Crippen LogP contribution in [-0.2, 0) is 19.3 Å². The van der Waals surface area contributed by atoms with E-state index in [0.717, 1.165) is 12.0 Å². The zero-order valence-electron chi connectivity index (χ0n) is 11.2. The molecule has 20 heavy (non-hydrogen) atoms. The van der Waals surface area contributed by atoms with Crippen LogP contribution in [0, 0.1) is 0 Å². The Labute approximate surface area is 129 Å². The van der Waals surface area contributed by atoms with Crippen LogP contribution in [0.1, 0.15) is 34.7 Å². The molecule has 1 nitrogen and oxygen atoms in total. The highest BCUT2D eigenvalue weighted by molar-refractivity contribution is 6.36. The molecule has 0 bridgehead atoms. The number of rotatable bonds is 3. The lowest BCUT2D eigenvalue weighted by atomic mass is 9.97. The van der Waals surface area contributed by atoms with Gasteiger partial charge in [-0.2, -0.15) is 0 Å². The fourth-order valence-corrected chi connectivity index (χ4v) is 3.65. The van der Waals surface area contributed by atoms with E-state index in [1.165, 1.54) is 36.0 Å². The summed E-state index contributed by atoms with van der Waals surface area (Å²) in [5.41, 5.74) is 11.4. The number of fused-ring (bicyclic) bond motifs is 1. The fourth-order valence-electron chi connectivity index (χ4n) is 2.97. The highest BCUT2D eigenvalue weighted by Crippen LogP contribution is 2.31. The van der Waals surface area contributed by atoms with E-state index in [2.05, 4.69) is 18.2 Å². The Balaban J connectivity index is 1.84. The molecule has 2 aromatic carbocycles. The molecule has 0 heterocycles. The first-order chi connectivity index (χ1) is 9.65. The molecule has 2 N–H and O–H groups in total. The summed E-state index contributed by atoms with van der Waals surface area (Å²) >= 11 is 12.4. The number of halogens is 2. The van der Waals surface area contributed by atoms with Crippen molar-refractivity contribution >= 4 is 23.2 Å². The van der Waals surface area contributed by atoms with Gasteiger partial charge >= 0.3 is 0 Å². The SMILES string of the molecule is NC(Cc1ccc2c(c1)CCC2)c1c(Cl)cccc1Cl. The minimum absolute atomic E-state index is 0.171. The van der Waals surface area contributed by atoms with Crippen LogP contribution in [-0.4, -0.2) is 0 Å². The third-order valence-electron chi connectivity index (χ3n) is 3.99. The maximum absolute atomic E-state index is 6.31. The lowest BCUT2D eigenvalue weighted by Crippen LogP contribution is -2.14. The fraction of sp³-hybridized carbons (Fsp3) is 0.294. The molecule has 0 saturated heterocycles. The second-order valence-corrected chi connectivity index (χ2v) is 6.22. The molecule has 0 saturated carbocycles. The van der Waals surface area contributed by atoms with Gasteiger partial charge in [-0.05, 0) is 54.5 Å². The van der Waals surface area contributed by atoms with Gasteiger partial charge in [0.15, 0.2) is 0 Å². The Morgan fingerprint density at radius 2 is 1.70 bits per heavy atom. The number of benzene rings is 2. The van der Waals surface area contributed by atoms with Gasteiger partial charge in [0.2, 0.25) is 0 Å². The topological polar surface area (TPSA) is 26.0 Å². The Morgan fingerprint density at radius 1 is 1.00 bits per heavy atom. The van der Waals surface area contributed by atoms with Crippen LogP contribution in [0.3, 0.4) is 0 Å². The molecule has 1 unspecified atom stereocenters. The summed E-state index contributed by atoms with van der Waals surface area (Å²) in [5.74, 6) is 0. The van der Waals surface area contributed by atoms with Crippen LogP contribution >= 0.6 is 23.2 Å². The molecular weight excluding hydrogens is 289 g/mol. The average molecular weight is 306 g/mol. The van der Waals surface area contributed by atoms with Gasteiger partial charge in [-0.3, -0.25) is 0 Å². The van der Waals surface area contributed by atoms with Crippen LogP contribution in [0.25, 0.3) is 0 Å². The van der Waals surface area contributed by atoms with Crippen molar-refractivity contribution in [1.82, 2.24) is 0 Å². The van der Waals surface area contributed by atoms with Gasteiger partial charge in [-0.25, -0.2) is 0 Å². The summed E-state index contributed by atoms with van der Waals surface area (Å²) in [7, 11) is 0. The molecule has 0 spiro atoms. The number of hydrogen-bond donors (Lipinski definition) is 1. The van der Waals surface area contributed by atoms with E-state index in [1.54, 1.807) is 0 Å². The van der Waals surface area contributed by atoms with Crippen LogP contribution in [0.5, 0.6) is 0 Å². The molecule has 0 radical (unpaired) electrons. The summed E-state index contributed by atoms with van der Waals surface area (Å²) in [6.45, 7) is 0. The largest absolute Gasteiger partial charge is 0.324 e. The quantitative estimate of drug-likeness (QED) is 0.872. The summed E-state index contributed by atoms with van der Waals surface area (Å²) in [4.78, 5) is 0.